The second kappa shape index (κ2) is 6.38. The lowest BCUT2D eigenvalue weighted by molar-refractivity contribution is -0.143. The molecule has 9 heteroatoms. The lowest BCUT2D eigenvalue weighted by Gasteiger charge is -2.20. The number of anilines is 1. The van der Waals surface area contributed by atoms with Crippen molar-refractivity contribution in [1.29, 1.82) is 0 Å². The minimum absolute atomic E-state index is 0.0744. The number of nitrogens with zero attached hydrogens (tertiary/aromatic N) is 3. The summed E-state index contributed by atoms with van der Waals surface area (Å²) in [4.78, 5) is 13.5. The monoisotopic (exact) mass is 342 g/mol. The topological polar surface area (TPSA) is 50.2 Å². The summed E-state index contributed by atoms with van der Waals surface area (Å²) < 4.78 is 37.2. The van der Waals surface area contributed by atoms with Crippen molar-refractivity contribution in [2.24, 2.45) is 0 Å². The average Bonchev–Trinajstić information content (AvgIpc) is 2.30. The predicted molar refractivity (Wildman–Crippen MR) is 69.4 cm³/mol. The van der Waals surface area contributed by atoms with E-state index in [4.69, 9.17) is 0 Å². The number of rotatable bonds is 5. The van der Waals surface area contributed by atoms with Gasteiger partial charge < -0.3 is 10.2 Å². The summed E-state index contributed by atoms with van der Waals surface area (Å²) >= 11 is 3.03. The first-order valence-corrected chi connectivity index (χ1v) is 6.23. The highest BCUT2D eigenvalue weighted by atomic mass is 79.9. The van der Waals surface area contributed by atoms with E-state index in [1.807, 2.05) is 0 Å². The molecule has 0 aromatic carbocycles. The van der Waals surface area contributed by atoms with Crippen molar-refractivity contribution in [2.75, 3.05) is 32.1 Å². The fourth-order valence-electron chi connectivity index (χ4n) is 1.40. The van der Waals surface area contributed by atoms with Crippen LogP contribution in [-0.2, 0) is 6.54 Å². The van der Waals surface area contributed by atoms with E-state index in [2.05, 4.69) is 26.3 Å². The third kappa shape index (κ3) is 4.50. The molecule has 0 aliphatic rings. The molecule has 0 fully saturated rings. The molecule has 0 aliphatic carbocycles. The normalized spacial score (nSPS) is 11.7. The van der Waals surface area contributed by atoms with Crippen LogP contribution in [0, 0.1) is 0 Å². The third-order valence-electron chi connectivity index (χ3n) is 2.40. The summed E-state index contributed by atoms with van der Waals surface area (Å²) in [7, 11) is 3.51. The standard InChI is InChI=1S/C10H14BrF3N4O/c1-15-3-4-17(2)7-5-16-18(6-10(12,13)14)9(19)8(7)11/h5,15H,3-4,6H2,1-2H3. The number of aromatic nitrogens is 2. The molecule has 1 aromatic heterocycles. The summed E-state index contributed by atoms with van der Waals surface area (Å²) in [6.45, 7) is -0.126. The van der Waals surface area contributed by atoms with Crippen LogP contribution in [0.4, 0.5) is 18.9 Å². The number of hydrogen-bond acceptors (Lipinski definition) is 4. The van der Waals surface area contributed by atoms with E-state index in [0.29, 0.717) is 23.5 Å². The Labute approximate surface area is 116 Å². The molecular weight excluding hydrogens is 329 g/mol. The Morgan fingerprint density at radius 3 is 2.68 bits per heavy atom. The van der Waals surface area contributed by atoms with Gasteiger partial charge in [-0.25, -0.2) is 4.68 Å². The highest BCUT2D eigenvalue weighted by molar-refractivity contribution is 9.10. The number of halogens is 4. The Hall–Kier alpha value is -1.09. The molecular formula is C10H14BrF3N4O. The fraction of sp³-hybridized carbons (Fsp3) is 0.600. The highest BCUT2D eigenvalue weighted by Gasteiger charge is 2.29. The molecule has 0 unspecified atom stereocenters. The van der Waals surface area contributed by atoms with Gasteiger partial charge in [0.2, 0.25) is 0 Å². The van der Waals surface area contributed by atoms with Gasteiger partial charge in [0.1, 0.15) is 11.0 Å². The van der Waals surface area contributed by atoms with Crippen LogP contribution in [0.15, 0.2) is 15.5 Å². The molecule has 1 N–H and O–H groups in total. The van der Waals surface area contributed by atoms with E-state index >= 15 is 0 Å². The Kier molecular flexibility index (Phi) is 5.36. The van der Waals surface area contributed by atoms with Gasteiger partial charge in [-0.3, -0.25) is 4.79 Å². The van der Waals surface area contributed by atoms with Crippen molar-refractivity contribution in [1.82, 2.24) is 15.1 Å². The molecule has 19 heavy (non-hydrogen) atoms. The van der Waals surface area contributed by atoms with Crippen molar-refractivity contribution in [2.45, 2.75) is 12.7 Å². The molecule has 0 radical (unpaired) electrons. The highest BCUT2D eigenvalue weighted by Crippen LogP contribution is 2.21. The molecule has 5 nitrogen and oxygen atoms in total. The van der Waals surface area contributed by atoms with Gasteiger partial charge in [-0.1, -0.05) is 0 Å². The van der Waals surface area contributed by atoms with Crippen molar-refractivity contribution in [3.63, 3.8) is 0 Å². The van der Waals surface area contributed by atoms with Gasteiger partial charge in [-0.2, -0.15) is 18.3 Å². The van der Waals surface area contributed by atoms with Crippen LogP contribution in [0.1, 0.15) is 0 Å². The first kappa shape index (κ1) is 16.0. The lowest BCUT2D eigenvalue weighted by atomic mass is 10.4. The van der Waals surface area contributed by atoms with E-state index in [9.17, 15) is 18.0 Å². The number of hydrogen-bond donors (Lipinski definition) is 1. The minimum atomic E-state index is -4.48. The van der Waals surface area contributed by atoms with Gasteiger partial charge in [-0.05, 0) is 23.0 Å². The molecule has 0 aliphatic heterocycles. The summed E-state index contributed by atoms with van der Waals surface area (Å²) in [5.74, 6) is 0. The van der Waals surface area contributed by atoms with Gasteiger partial charge in [0, 0.05) is 20.1 Å². The number of alkyl halides is 3. The Balaban J connectivity index is 3.01. The zero-order valence-corrected chi connectivity index (χ0v) is 12.0. The van der Waals surface area contributed by atoms with Gasteiger partial charge in [0.25, 0.3) is 5.56 Å². The Bertz CT molecular complexity index is 489. The van der Waals surface area contributed by atoms with E-state index < -0.39 is 18.3 Å². The van der Waals surface area contributed by atoms with Crippen molar-refractivity contribution in [3.05, 3.63) is 21.0 Å². The number of likely N-dealkylation sites (N-methyl/N-ethyl adjacent to an activating group) is 2. The van der Waals surface area contributed by atoms with Crippen molar-refractivity contribution < 1.29 is 13.2 Å². The maximum Gasteiger partial charge on any atom is 0.408 e. The molecule has 0 spiro atoms. The number of nitrogens with one attached hydrogen (secondary N) is 1. The molecule has 1 aromatic rings. The van der Waals surface area contributed by atoms with Gasteiger partial charge in [0.05, 0.1) is 11.9 Å². The second-order valence-electron chi connectivity index (χ2n) is 3.95. The van der Waals surface area contributed by atoms with Crippen molar-refractivity contribution in [3.8, 4) is 0 Å². The Morgan fingerprint density at radius 1 is 1.53 bits per heavy atom. The van der Waals surface area contributed by atoms with Gasteiger partial charge in [-0.15, -0.1) is 0 Å². The quantitative estimate of drug-likeness (QED) is 0.874. The molecule has 1 rings (SSSR count). The lowest BCUT2D eigenvalue weighted by Crippen LogP contribution is -2.33. The van der Waals surface area contributed by atoms with E-state index in [-0.39, 0.29) is 4.47 Å². The second-order valence-corrected chi connectivity index (χ2v) is 4.74. The molecule has 108 valence electrons. The van der Waals surface area contributed by atoms with Crippen LogP contribution in [0.25, 0.3) is 0 Å². The molecule has 0 atom stereocenters. The molecule has 0 saturated carbocycles. The summed E-state index contributed by atoms with van der Waals surface area (Å²) in [5, 5.41) is 6.48. The van der Waals surface area contributed by atoms with Crippen LogP contribution < -0.4 is 15.8 Å². The Morgan fingerprint density at radius 2 is 2.16 bits per heavy atom. The van der Waals surface area contributed by atoms with Crippen LogP contribution >= 0.6 is 15.9 Å². The average molecular weight is 343 g/mol. The first-order chi connectivity index (χ1) is 8.76. The van der Waals surface area contributed by atoms with E-state index in [1.54, 1.807) is 19.0 Å². The summed E-state index contributed by atoms with van der Waals surface area (Å²) in [5.41, 5.74) is -0.343. The van der Waals surface area contributed by atoms with Crippen LogP contribution in [-0.4, -0.2) is 43.1 Å². The maximum atomic E-state index is 12.2. The first-order valence-electron chi connectivity index (χ1n) is 5.44. The van der Waals surface area contributed by atoms with Crippen molar-refractivity contribution >= 4 is 21.6 Å². The van der Waals surface area contributed by atoms with Crippen LogP contribution in [0.5, 0.6) is 0 Å². The van der Waals surface area contributed by atoms with Gasteiger partial charge in [0.15, 0.2) is 0 Å². The van der Waals surface area contributed by atoms with Crippen LogP contribution in [0.3, 0.4) is 0 Å². The molecule has 1 heterocycles. The zero-order chi connectivity index (χ0) is 14.6. The SMILES string of the molecule is CNCCN(C)c1cnn(CC(F)(F)F)c(=O)c1Br. The predicted octanol–water partition coefficient (Wildman–Crippen LogP) is 1.22. The van der Waals surface area contributed by atoms with E-state index in [0.717, 1.165) is 0 Å². The largest absolute Gasteiger partial charge is 0.408 e. The molecule has 0 saturated heterocycles. The fourth-order valence-corrected chi connectivity index (χ4v) is 2.01. The maximum absolute atomic E-state index is 12.2. The molecule has 0 bridgehead atoms. The zero-order valence-electron chi connectivity index (χ0n) is 10.5. The van der Waals surface area contributed by atoms with E-state index in [1.165, 1.54) is 6.20 Å². The summed E-state index contributed by atoms with van der Waals surface area (Å²) in [6, 6.07) is 0. The van der Waals surface area contributed by atoms with Gasteiger partial charge >= 0.3 is 6.18 Å². The minimum Gasteiger partial charge on any atom is -0.371 e. The molecule has 0 amide bonds. The summed E-state index contributed by atoms with van der Waals surface area (Å²) in [6.07, 6.45) is -3.23. The van der Waals surface area contributed by atoms with Crippen LogP contribution in [0.2, 0.25) is 0 Å². The third-order valence-corrected chi connectivity index (χ3v) is 3.15. The smallest absolute Gasteiger partial charge is 0.371 e.